The summed E-state index contributed by atoms with van der Waals surface area (Å²) < 4.78 is 0. The van der Waals surface area contributed by atoms with Crippen LogP contribution in [-0.4, -0.2) is 42.0 Å². The second-order valence-corrected chi connectivity index (χ2v) is 2.22. The summed E-state index contributed by atoms with van der Waals surface area (Å²) in [7, 11) is 2.99. The molecular formula is C5H7N3O3. The van der Waals surface area contributed by atoms with E-state index in [2.05, 4.69) is 0 Å². The SMILES string of the molecule is CN(C)N1C(=O)NC(=O)C1=O. The minimum Gasteiger partial charge on any atom is -0.268 e. The minimum absolute atomic E-state index is 0.704. The molecule has 0 saturated carbocycles. The van der Waals surface area contributed by atoms with E-state index in [4.69, 9.17) is 0 Å². The van der Waals surface area contributed by atoms with E-state index < -0.39 is 17.8 Å². The molecule has 11 heavy (non-hydrogen) atoms. The molecule has 1 aliphatic rings. The predicted octanol–water partition coefficient (Wildman–Crippen LogP) is -1.46. The van der Waals surface area contributed by atoms with Gasteiger partial charge in [0.2, 0.25) is 0 Å². The van der Waals surface area contributed by atoms with Crippen LogP contribution in [0.1, 0.15) is 0 Å². The van der Waals surface area contributed by atoms with Crippen molar-refractivity contribution in [3.05, 3.63) is 0 Å². The van der Waals surface area contributed by atoms with Gasteiger partial charge in [0.1, 0.15) is 0 Å². The minimum atomic E-state index is -0.885. The third-order valence-corrected chi connectivity index (χ3v) is 1.20. The van der Waals surface area contributed by atoms with E-state index in [0.717, 1.165) is 5.01 Å². The Kier molecular flexibility index (Phi) is 1.61. The molecule has 1 heterocycles. The van der Waals surface area contributed by atoms with Crippen LogP contribution in [-0.2, 0) is 9.59 Å². The fourth-order valence-electron chi connectivity index (χ4n) is 0.755. The number of carbonyl (C=O) groups is 3. The van der Waals surface area contributed by atoms with Gasteiger partial charge in [-0.2, -0.15) is 5.01 Å². The first-order valence-corrected chi connectivity index (χ1v) is 2.90. The van der Waals surface area contributed by atoms with Gasteiger partial charge in [0.25, 0.3) is 0 Å². The summed E-state index contributed by atoms with van der Waals surface area (Å²) in [5, 5.41) is 3.82. The molecule has 0 atom stereocenters. The molecule has 0 radical (unpaired) electrons. The third-order valence-electron chi connectivity index (χ3n) is 1.20. The Morgan fingerprint density at radius 1 is 1.27 bits per heavy atom. The van der Waals surface area contributed by atoms with Crippen molar-refractivity contribution in [1.29, 1.82) is 0 Å². The fraction of sp³-hybridized carbons (Fsp3) is 0.400. The second-order valence-electron chi connectivity index (χ2n) is 2.22. The molecule has 6 heteroatoms. The molecule has 0 aliphatic carbocycles. The highest BCUT2D eigenvalue weighted by Crippen LogP contribution is 2.00. The van der Waals surface area contributed by atoms with Gasteiger partial charge in [-0.15, -0.1) is 0 Å². The van der Waals surface area contributed by atoms with Gasteiger partial charge in [0.15, 0.2) is 0 Å². The van der Waals surface area contributed by atoms with Gasteiger partial charge in [-0.25, -0.2) is 9.80 Å². The zero-order valence-electron chi connectivity index (χ0n) is 6.12. The highest BCUT2D eigenvalue weighted by molar-refractivity contribution is 6.44. The normalized spacial score (nSPS) is 18.1. The topological polar surface area (TPSA) is 69.7 Å². The van der Waals surface area contributed by atoms with Crippen LogP contribution in [0.2, 0.25) is 0 Å². The lowest BCUT2D eigenvalue weighted by molar-refractivity contribution is -0.145. The maximum Gasteiger partial charge on any atom is 0.346 e. The molecule has 1 rings (SSSR count). The lowest BCUT2D eigenvalue weighted by atomic mass is 10.6. The number of hydrazine groups is 1. The quantitative estimate of drug-likeness (QED) is 0.373. The van der Waals surface area contributed by atoms with Gasteiger partial charge in [-0.3, -0.25) is 14.9 Å². The summed E-state index contributed by atoms with van der Waals surface area (Å²) in [6.07, 6.45) is 0. The van der Waals surface area contributed by atoms with Crippen LogP contribution in [0.4, 0.5) is 4.79 Å². The third kappa shape index (κ3) is 1.07. The first-order valence-electron chi connectivity index (χ1n) is 2.90. The first kappa shape index (κ1) is 7.67. The van der Waals surface area contributed by atoms with Crippen LogP contribution in [0, 0.1) is 0 Å². The van der Waals surface area contributed by atoms with Gasteiger partial charge in [0.05, 0.1) is 0 Å². The Morgan fingerprint density at radius 3 is 2.00 bits per heavy atom. The number of hydrogen-bond donors (Lipinski definition) is 1. The largest absolute Gasteiger partial charge is 0.346 e. The molecule has 0 spiro atoms. The highest BCUT2D eigenvalue weighted by atomic mass is 16.2. The van der Waals surface area contributed by atoms with Crippen molar-refractivity contribution in [3.63, 3.8) is 0 Å². The molecule has 0 aromatic carbocycles. The molecule has 1 fully saturated rings. The Hall–Kier alpha value is -1.43. The van der Waals surface area contributed by atoms with Crippen molar-refractivity contribution in [3.8, 4) is 0 Å². The molecule has 1 aliphatic heterocycles. The summed E-state index contributed by atoms with van der Waals surface area (Å²) in [5.41, 5.74) is 0. The molecule has 6 nitrogen and oxygen atoms in total. The predicted molar refractivity (Wildman–Crippen MR) is 34.1 cm³/mol. The summed E-state index contributed by atoms with van der Waals surface area (Å²) >= 11 is 0. The molecule has 4 amide bonds. The van der Waals surface area contributed by atoms with Gasteiger partial charge in [0, 0.05) is 14.1 Å². The Bertz CT molecular complexity index is 235. The van der Waals surface area contributed by atoms with Crippen molar-refractivity contribution >= 4 is 17.8 Å². The number of nitrogens with zero attached hydrogens (tertiary/aromatic N) is 2. The van der Waals surface area contributed by atoms with E-state index >= 15 is 0 Å². The molecule has 0 unspecified atom stereocenters. The highest BCUT2D eigenvalue weighted by Gasteiger charge is 2.38. The Labute approximate surface area is 62.7 Å². The van der Waals surface area contributed by atoms with E-state index in [-0.39, 0.29) is 0 Å². The number of amides is 4. The maximum atomic E-state index is 10.8. The summed E-state index contributed by atoms with van der Waals surface area (Å²) in [4.78, 5) is 32.1. The molecule has 0 aromatic heterocycles. The Balaban J connectivity index is 2.88. The lowest BCUT2D eigenvalue weighted by Gasteiger charge is -2.18. The van der Waals surface area contributed by atoms with Gasteiger partial charge >= 0.3 is 17.8 Å². The fourth-order valence-corrected chi connectivity index (χ4v) is 0.755. The smallest absolute Gasteiger partial charge is 0.268 e. The second kappa shape index (κ2) is 2.31. The number of urea groups is 1. The van der Waals surface area contributed by atoms with Crippen molar-refractivity contribution in [2.24, 2.45) is 0 Å². The zero-order valence-corrected chi connectivity index (χ0v) is 6.12. The number of rotatable bonds is 1. The van der Waals surface area contributed by atoms with E-state index in [9.17, 15) is 14.4 Å². The van der Waals surface area contributed by atoms with Crippen LogP contribution in [0.5, 0.6) is 0 Å². The number of nitrogens with one attached hydrogen (secondary N) is 1. The van der Waals surface area contributed by atoms with Crippen LogP contribution in [0.3, 0.4) is 0 Å². The molecule has 60 valence electrons. The summed E-state index contributed by atoms with van der Waals surface area (Å²) in [5.74, 6) is -1.73. The van der Waals surface area contributed by atoms with E-state index in [0.29, 0.717) is 0 Å². The van der Waals surface area contributed by atoms with Crippen molar-refractivity contribution in [1.82, 2.24) is 15.3 Å². The van der Waals surface area contributed by atoms with Gasteiger partial charge in [-0.05, 0) is 0 Å². The zero-order chi connectivity index (χ0) is 8.59. The van der Waals surface area contributed by atoms with Crippen molar-refractivity contribution in [2.45, 2.75) is 0 Å². The standard InChI is InChI=1S/C5H7N3O3/c1-7(2)8-4(10)3(9)6-5(8)11/h1-2H3,(H,6,9,11). The number of imide groups is 2. The molecule has 1 saturated heterocycles. The average Bonchev–Trinajstić information content (AvgIpc) is 2.07. The van der Waals surface area contributed by atoms with E-state index in [1.165, 1.54) is 19.1 Å². The number of carbonyl (C=O) groups excluding carboxylic acids is 3. The summed E-state index contributed by atoms with van der Waals surface area (Å²) in [6.45, 7) is 0. The van der Waals surface area contributed by atoms with Crippen LogP contribution in [0.25, 0.3) is 0 Å². The Morgan fingerprint density at radius 2 is 1.82 bits per heavy atom. The molecule has 1 N–H and O–H groups in total. The molecule has 0 aromatic rings. The first-order chi connectivity index (χ1) is 5.04. The maximum absolute atomic E-state index is 10.8. The number of hydrogen-bond acceptors (Lipinski definition) is 4. The van der Waals surface area contributed by atoms with Crippen molar-refractivity contribution in [2.75, 3.05) is 14.1 Å². The van der Waals surface area contributed by atoms with Crippen molar-refractivity contribution < 1.29 is 14.4 Å². The van der Waals surface area contributed by atoms with Gasteiger partial charge in [-0.1, -0.05) is 0 Å². The molecular weight excluding hydrogens is 150 g/mol. The average molecular weight is 157 g/mol. The van der Waals surface area contributed by atoms with E-state index in [1.54, 1.807) is 0 Å². The summed E-state index contributed by atoms with van der Waals surface area (Å²) in [6, 6.07) is -0.704. The van der Waals surface area contributed by atoms with E-state index in [1.807, 2.05) is 5.32 Å². The van der Waals surface area contributed by atoms with Gasteiger partial charge < -0.3 is 0 Å². The lowest BCUT2D eigenvalue weighted by Crippen LogP contribution is -2.42. The molecule has 0 bridgehead atoms. The van der Waals surface area contributed by atoms with Crippen LogP contribution < -0.4 is 5.32 Å². The monoisotopic (exact) mass is 157 g/mol. The van der Waals surface area contributed by atoms with Crippen LogP contribution in [0.15, 0.2) is 0 Å². The van der Waals surface area contributed by atoms with Crippen LogP contribution >= 0.6 is 0 Å².